The van der Waals surface area contributed by atoms with E-state index in [-0.39, 0.29) is 37.9 Å². The number of carbonyl (C=O) groups excluding carboxylic acids is 2. The van der Waals surface area contributed by atoms with E-state index in [9.17, 15) is 9.59 Å². The van der Waals surface area contributed by atoms with E-state index in [1.54, 1.807) is 4.90 Å². The van der Waals surface area contributed by atoms with Crippen LogP contribution >= 0.6 is 0 Å². The van der Waals surface area contributed by atoms with E-state index in [4.69, 9.17) is 10.5 Å². The van der Waals surface area contributed by atoms with Crippen LogP contribution in [0.15, 0.2) is 24.3 Å². The molecule has 6 nitrogen and oxygen atoms in total. The molecule has 118 valence electrons. The third-order valence-corrected chi connectivity index (χ3v) is 3.97. The largest absolute Gasteiger partial charge is 0.316 e. The fourth-order valence-electron chi connectivity index (χ4n) is 2.67. The van der Waals surface area contributed by atoms with Gasteiger partial charge < -0.3 is 9.80 Å². The summed E-state index contributed by atoms with van der Waals surface area (Å²) in [5, 5.41) is 17.5. The number of anilines is 1. The topological polar surface area (TPSA) is 88.2 Å². The minimum atomic E-state index is -0.505. The summed E-state index contributed by atoms with van der Waals surface area (Å²) in [6, 6.07) is 11.5. The molecule has 6 heteroatoms. The Balaban J connectivity index is 2.10. The van der Waals surface area contributed by atoms with E-state index in [2.05, 4.69) is 6.92 Å². The highest BCUT2D eigenvalue weighted by Gasteiger charge is 2.37. The van der Waals surface area contributed by atoms with Crippen LogP contribution in [-0.2, 0) is 16.0 Å². The molecule has 1 saturated heterocycles. The van der Waals surface area contributed by atoms with Crippen molar-refractivity contribution in [1.82, 2.24) is 4.90 Å². The predicted octanol–water partition coefficient (Wildman–Crippen LogP) is 1.48. The van der Waals surface area contributed by atoms with Gasteiger partial charge in [-0.15, -0.1) is 0 Å². The second-order valence-electron chi connectivity index (χ2n) is 5.44. The quantitative estimate of drug-likeness (QED) is 0.771. The smallest absolute Gasteiger partial charge is 0.229 e. The zero-order valence-electron chi connectivity index (χ0n) is 13.0. The molecule has 0 bridgehead atoms. The Hall–Kier alpha value is -2.86. The molecule has 1 aliphatic heterocycles. The van der Waals surface area contributed by atoms with Crippen LogP contribution < -0.4 is 4.90 Å². The molecule has 2 amide bonds. The van der Waals surface area contributed by atoms with Crippen molar-refractivity contribution < 1.29 is 9.59 Å². The Labute approximate surface area is 135 Å². The summed E-state index contributed by atoms with van der Waals surface area (Å²) in [7, 11) is 0. The first-order chi connectivity index (χ1) is 11.1. The molecule has 0 N–H and O–H groups in total. The van der Waals surface area contributed by atoms with Gasteiger partial charge >= 0.3 is 0 Å². The molecule has 1 heterocycles. The van der Waals surface area contributed by atoms with Crippen LogP contribution in [0, 0.1) is 28.6 Å². The van der Waals surface area contributed by atoms with Gasteiger partial charge in [-0.2, -0.15) is 10.5 Å². The standard InChI is InChI=1S/C17H18N4O2/c1-2-13-3-5-15(6-4-13)21-12-14(11-16(21)22)17(23)20(9-7-18)10-8-19/h3-6,14H,2,9-12H2,1H3. The number of carbonyl (C=O) groups is 2. The monoisotopic (exact) mass is 310 g/mol. The highest BCUT2D eigenvalue weighted by Crippen LogP contribution is 2.26. The van der Waals surface area contributed by atoms with Gasteiger partial charge in [0.2, 0.25) is 11.8 Å². The third kappa shape index (κ3) is 3.67. The molecule has 1 aromatic rings. The van der Waals surface area contributed by atoms with Crippen LogP contribution in [0.4, 0.5) is 5.69 Å². The summed E-state index contributed by atoms with van der Waals surface area (Å²) in [4.78, 5) is 27.4. The van der Waals surface area contributed by atoms with Gasteiger partial charge in [0.1, 0.15) is 13.1 Å². The lowest BCUT2D eigenvalue weighted by molar-refractivity contribution is -0.134. The normalized spacial score (nSPS) is 16.7. The van der Waals surface area contributed by atoms with Crippen LogP contribution in [0.3, 0.4) is 0 Å². The lowest BCUT2D eigenvalue weighted by Crippen LogP contribution is -2.38. The molecule has 0 aliphatic carbocycles. The number of aryl methyl sites for hydroxylation is 1. The molecule has 23 heavy (non-hydrogen) atoms. The fourth-order valence-corrected chi connectivity index (χ4v) is 2.67. The minimum Gasteiger partial charge on any atom is -0.316 e. The lowest BCUT2D eigenvalue weighted by Gasteiger charge is -2.21. The maximum absolute atomic E-state index is 12.4. The lowest BCUT2D eigenvalue weighted by atomic mass is 10.1. The number of hydrogen-bond acceptors (Lipinski definition) is 4. The first-order valence-electron chi connectivity index (χ1n) is 7.52. The van der Waals surface area contributed by atoms with Crippen LogP contribution in [0.2, 0.25) is 0 Å². The van der Waals surface area contributed by atoms with Gasteiger partial charge in [-0.05, 0) is 24.1 Å². The second kappa shape index (κ2) is 7.42. The van der Waals surface area contributed by atoms with Crippen molar-refractivity contribution in [1.29, 1.82) is 10.5 Å². The number of nitriles is 2. The predicted molar refractivity (Wildman–Crippen MR) is 84.1 cm³/mol. The molecule has 0 radical (unpaired) electrons. The van der Waals surface area contributed by atoms with E-state index in [0.717, 1.165) is 12.1 Å². The summed E-state index contributed by atoms with van der Waals surface area (Å²) in [6.07, 6.45) is 1.04. The molecule has 2 rings (SSSR count). The molecule has 1 fully saturated rings. The van der Waals surface area contributed by atoms with Crippen molar-refractivity contribution in [3.8, 4) is 12.1 Å². The molecule has 1 aromatic carbocycles. The second-order valence-corrected chi connectivity index (χ2v) is 5.44. The number of hydrogen-bond donors (Lipinski definition) is 0. The molecule has 1 unspecified atom stereocenters. The van der Waals surface area contributed by atoms with E-state index in [1.165, 1.54) is 10.5 Å². The third-order valence-electron chi connectivity index (χ3n) is 3.97. The van der Waals surface area contributed by atoms with Gasteiger partial charge in [0.05, 0.1) is 18.1 Å². The number of nitrogens with zero attached hydrogens (tertiary/aromatic N) is 4. The van der Waals surface area contributed by atoms with Crippen molar-refractivity contribution in [2.75, 3.05) is 24.5 Å². The Morgan fingerprint density at radius 1 is 1.26 bits per heavy atom. The molecular formula is C17H18N4O2. The van der Waals surface area contributed by atoms with Gasteiger partial charge in [-0.25, -0.2) is 0 Å². The van der Waals surface area contributed by atoms with E-state index in [1.807, 2.05) is 36.4 Å². The van der Waals surface area contributed by atoms with Crippen molar-refractivity contribution in [3.05, 3.63) is 29.8 Å². The Morgan fingerprint density at radius 3 is 2.39 bits per heavy atom. The summed E-state index contributed by atoms with van der Waals surface area (Å²) in [5.41, 5.74) is 1.96. The zero-order valence-corrected chi connectivity index (χ0v) is 13.0. The van der Waals surface area contributed by atoms with Gasteiger partial charge in [-0.3, -0.25) is 9.59 Å². The van der Waals surface area contributed by atoms with E-state index in [0.29, 0.717) is 0 Å². The maximum Gasteiger partial charge on any atom is 0.229 e. The SMILES string of the molecule is CCc1ccc(N2CC(C(=O)N(CC#N)CC#N)CC2=O)cc1. The molecule has 0 saturated carbocycles. The Kier molecular flexibility index (Phi) is 5.32. The highest BCUT2D eigenvalue weighted by molar-refractivity contribution is 6.00. The average molecular weight is 310 g/mol. The number of rotatable bonds is 5. The molecule has 0 spiro atoms. The Bertz CT molecular complexity index is 653. The van der Waals surface area contributed by atoms with Gasteiger partial charge in [0.15, 0.2) is 0 Å². The van der Waals surface area contributed by atoms with Crippen molar-refractivity contribution in [3.63, 3.8) is 0 Å². The first-order valence-corrected chi connectivity index (χ1v) is 7.52. The van der Waals surface area contributed by atoms with Crippen molar-refractivity contribution >= 4 is 17.5 Å². The summed E-state index contributed by atoms with van der Waals surface area (Å²) in [6.45, 7) is 2.07. The molecular weight excluding hydrogens is 292 g/mol. The highest BCUT2D eigenvalue weighted by atomic mass is 16.2. The molecule has 1 aliphatic rings. The summed E-state index contributed by atoms with van der Waals surface area (Å²) < 4.78 is 0. The van der Waals surface area contributed by atoms with Gasteiger partial charge in [0, 0.05) is 18.7 Å². The number of amides is 2. The maximum atomic E-state index is 12.4. The van der Waals surface area contributed by atoms with E-state index >= 15 is 0 Å². The summed E-state index contributed by atoms with van der Waals surface area (Å²) >= 11 is 0. The first kappa shape index (κ1) is 16.5. The zero-order chi connectivity index (χ0) is 16.8. The van der Waals surface area contributed by atoms with Gasteiger partial charge in [-0.1, -0.05) is 19.1 Å². The Morgan fingerprint density at radius 2 is 1.87 bits per heavy atom. The average Bonchev–Trinajstić information content (AvgIpc) is 2.96. The van der Waals surface area contributed by atoms with Crippen LogP contribution in [0.5, 0.6) is 0 Å². The molecule has 0 aromatic heterocycles. The van der Waals surface area contributed by atoms with Crippen molar-refractivity contribution in [2.45, 2.75) is 19.8 Å². The van der Waals surface area contributed by atoms with Crippen LogP contribution in [0.1, 0.15) is 18.9 Å². The molecule has 1 atom stereocenters. The van der Waals surface area contributed by atoms with Crippen LogP contribution in [0.25, 0.3) is 0 Å². The van der Waals surface area contributed by atoms with Crippen LogP contribution in [-0.4, -0.2) is 36.3 Å². The minimum absolute atomic E-state index is 0.110. The van der Waals surface area contributed by atoms with Gasteiger partial charge in [0.25, 0.3) is 0 Å². The number of benzene rings is 1. The fraction of sp³-hybridized carbons (Fsp3) is 0.412. The van der Waals surface area contributed by atoms with E-state index < -0.39 is 5.92 Å². The summed E-state index contributed by atoms with van der Waals surface area (Å²) in [5.74, 6) is -0.925. The van der Waals surface area contributed by atoms with Crippen molar-refractivity contribution in [2.24, 2.45) is 5.92 Å².